The zero-order valence-electron chi connectivity index (χ0n) is 19.0. The van der Waals surface area contributed by atoms with Crippen LogP contribution in [0.2, 0.25) is 0 Å². The van der Waals surface area contributed by atoms with E-state index in [0.29, 0.717) is 22.6 Å². The summed E-state index contributed by atoms with van der Waals surface area (Å²) in [4.78, 5) is 19.7. The fourth-order valence-corrected chi connectivity index (χ4v) is 4.65. The van der Waals surface area contributed by atoms with Crippen LogP contribution in [0.3, 0.4) is 0 Å². The molecular formula is C26H28FN3O3. The number of ether oxygens (including phenoxy) is 2. The van der Waals surface area contributed by atoms with Gasteiger partial charge in [-0.15, -0.1) is 0 Å². The molecule has 0 unspecified atom stereocenters. The van der Waals surface area contributed by atoms with Crippen molar-refractivity contribution in [2.75, 3.05) is 38.2 Å². The number of nitrogens with zero attached hydrogens (tertiary/aromatic N) is 2. The third-order valence-corrected chi connectivity index (χ3v) is 6.41. The summed E-state index contributed by atoms with van der Waals surface area (Å²) in [6.45, 7) is 8.66. The molecule has 0 atom stereocenters. The molecular weight excluding hydrogens is 421 g/mol. The van der Waals surface area contributed by atoms with Gasteiger partial charge in [-0.25, -0.2) is 4.39 Å². The minimum atomic E-state index is -0.620. The first-order valence-corrected chi connectivity index (χ1v) is 11.4. The van der Waals surface area contributed by atoms with E-state index < -0.39 is 5.60 Å². The summed E-state index contributed by atoms with van der Waals surface area (Å²) in [5.41, 5.74) is 3.92. The van der Waals surface area contributed by atoms with Crippen molar-refractivity contribution in [3.8, 4) is 0 Å². The Bertz CT molecular complexity index is 1130. The monoisotopic (exact) mass is 449 g/mol. The molecule has 0 spiro atoms. The molecule has 0 aliphatic carbocycles. The lowest BCUT2D eigenvalue weighted by Gasteiger charge is -2.26. The number of anilines is 1. The summed E-state index contributed by atoms with van der Waals surface area (Å²) in [6.07, 6.45) is 5.78. The Labute approximate surface area is 193 Å². The predicted octanol–water partition coefficient (Wildman–Crippen LogP) is 4.04. The number of allylic oxidation sites excluding steroid dienone is 1. The molecule has 3 aliphatic rings. The molecule has 1 amide bonds. The zero-order valence-corrected chi connectivity index (χ0v) is 19.0. The van der Waals surface area contributed by atoms with E-state index in [1.807, 2.05) is 26.1 Å². The van der Waals surface area contributed by atoms with Crippen LogP contribution in [0.4, 0.5) is 10.1 Å². The third kappa shape index (κ3) is 4.43. The Morgan fingerprint density at radius 1 is 1.18 bits per heavy atom. The van der Waals surface area contributed by atoms with Crippen LogP contribution in [0.5, 0.6) is 0 Å². The van der Waals surface area contributed by atoms with Gasteiger partial charge in [-0.3, -0.25) is 14.7 Å². The molecule has 7 heteroatoms. The molecule has 1 fully saturated rings. The minimum Gasteiger partial charge on any atom is -0.482 e. The van der Waals surface area contributed by atoms with Gasteiger partial charge in [-0.2, -0.15) is 0 Å². The maximum atomic E-state index is 13.6. The van der Waals surface area contributed by atoms with Gasteiger partial charge in [-0.1, -0.05) is 6.07 Å². The summed E-state index contributed by atoms with van der Waals surface area (Å²) < 4.78 is 25.2. The molecule has 1 aromatic carbocycles. The van der Waals surface area contributed by atoms with E-state index in [1.165, 1.54) is 12.1 Å². The summed E-state index contributed by atoms with van der Waals surface area (Å²) >= 11 is 0. The number of morpholine rings is 1. The van der Waals surface area contributed by atoms with Crippen LogP contribution in [-0.2, 0) is 20.7 Å². The van der Waals surface area contributed by atoms with Gasteiger partial charge >= 0.3 is 0 Å². The van der Waals surface area contributed by atoms with Gasteiger partial charge in [0.25, 0.3) is 5.91 Å². The van der Waals surface area contributed by atoms with Gasteiger partial charge in [0.05, 0.1) is 24.5 Å². The molecule has 0 bridgehead atoms. The van der Waals surface area contributed by atoms with E-state index in [-0.39, 0.29) is 11.7 Å². The summed E-state index contributed by atoms with van der Waals surface area (Å²) in [5, 5.41) is 2.73. The number of hydrogen-bond acceptors (Lipinski definition) is 5. The molecule has 172 valence electrons. The lowest BCUT2D eigenvalue weighted by Crippen LogP contribution is -2.36. The number of carbonyl (C=O) groups is 1. The van der Waals surface area contributed by atoms with Gasteiger partial charge in [0, 0.05) is 41.7 Å². The zero-order chi connectivity index (χ0) is 23.0. The van der Waals surface area contributed by atoms with E-state index in [0.717, 1.165) is 62.5 Å². The summed E-state index contributed by atoms with van der Waals surface area (Å²) in [7, 11) is 0. The highest BCUT2D eigenvalue weighted by Crippen LogP contribution is 2.44. The second-order valence-corrected chi connectivity index (χ2v) is 9.15. The number of aromatic nitrogens is 1. The van der Waals surface area contributed by atoms with Crippen LogP contribution in [0.15, 0.2) is 48.4 Å². The van der Waals surface area contributed by atoms with Crippen LogP contribution >= 0.6 is 0 Å². The number of aryl methyl sites for hydroxylation is 1. The number of nitrogens with one attached hydrogen (secondary N) is 1. The summed E-state index contributed by atoms with van der Waals surface area (Å²) in [5.74, 6) is -0.180. The molecule has 2 aromatic rings. The molecule has 33 heavy (non-hydrogen) atoms. The van der Waals surface area contributed by atoms with Crippen molar-refractivity contribution in [3.05, 3.63) is 71.0 Å². The maximum Gasteiger partial charge on any atom is 0.260 e. The van der Waals surface area contributed by atoms with Crippen LogP contribution in [0.25, 0.3) is 11.1 Å². The smallest absolute Gasteiger partial charge is 0.260 e. The number of rotatable bonds is 5. The minimum absolute atomic E-state index is 0.285. The Hall–Kier alpha value is -3.03. The Balaban J connectivity index is 1.34. The topological polar surface area (TPSA) is 63.7 Å². The van der Waals surface area contributed by atoms with Crippen molar-refractivity contribution in [3.63, 3.8) is 0 Å². The van der Waals surface area contributed by atoms with Crippen LogP contribution in [0, 0.1) is 5.82 Å². The van der Waals surface area contributed by atoms with Crippen LogP contribution in [0.1, 0.15) is 37.1 Å². The number of benzene rings is 1. The lowest BCUT2D eigenvalue weighted by atomic mass is 9.93. The molecule has 4 heterocycles. The van der Waals surface area contributed by atoms with Crippen molar-refractivity contribution in [1.29, 1.82) is 0 Å². The molecule has 6 nitrogen and oxygen atoms in total. The number of carbonyl (C=O) groups excluding carboxylic acids is 1. The highest BCUT2D eigenvalue weighted by molar-refractivity contribution is 6.32. The van der Waals surface area contributed by atoms with Crippen molar-refractivity contribution in [1.82, 2.24) is 9.88 Å². The second-order valence-electron chi connectivity index (χ2n) is 9.15. The molecule has 3 aliphatic heterocycles. The van der Waals surface area contributed by atoms with Crippen molar-refractivity contribution in [2.45, 2.75) is 32.3 Å². The Morgan fingerprint density at radius 2 is 2.00 bits per heavy atom. The Kier molecular flexibility index (Phi) is 5.76. The van der Waals surface area contributed by atoms with Crippen LogP contribution < -0.4 is 5.32 Å². The first-order chi connectivity index (χ1) is 15.9. The van der Waals surface area contributed by atoms with E-state index >= 15 is 0 Å². The third-order valence-electron chi connectivity index (χ3n) is 6.41. The van der Waals surface area contributed by atoms with E-state index in [4.69, 9.17) is 9.47 Å². The fourth-order valence-electron chi connectivity index (χ4n) is 4.65. The molecule has 1 N–H and O–H groups in total. The van der Waals surface area contributed by atoms with Crippen LogP contribution in [-0.4, -0.2) is 54.2 Å². The first kappa shape index (κ1) is 21.8. The number of pyridine rings is 1. The standard InChI is InChI=1S/C26H28FN3O3/c1-26(2)21(15-23(33-26)24-20-8-6-18(27)14-22(20)29-25(24)31)17-5-7-19(28-16-17)4-3-9-30-10-12-32-13-11-30/h5-8,14-16H,3-4,9-13H2,1-2H3,(H,29,31)/b24-23+. The Morgan fingerprint density at radius 3 is 2.76 bits per heavy atom. The predicted molar refractivity (Wildman–Crippen MR) is 125 cm³/mol. The highest BCUT2D eigenvalue weighted by Gasteiger charge is 2.38. The number of halogens is 1. The van der Waals surface area contributed by atoms with Gasteiger partial charge in [0.15, 0.2) is 0 Å². The average molecular weight is 450 g/mol. The van der Waals surface area contributed by atoms with E-state index in [2.05, 4.69) is 27.3 Å². The van der Waals surface area contributed by atoms with Crippen molar-refractivity contribution < 1.29 is 18.7 Å². The lowest BCUT2D eigenvalue weighted by molar-refractivity contribution is -0.111. The van der Waals surface area contributed by atoms with Crippen molar-refractivity contribution in [2.24, 2.45) is 0 Å². The number of hydrogen-bond donors (Lipinski definition) is 1. The number of fused-ring (bicyclic) bond motifs is 1. The maximum absolute atomic E-state index is 13.6. The fraction of sp³-hybridized carbons (Fsp3) is 0.385. The molecule has 0 saturated carbocycles. The van der Waals surface area contributed by atoms with Gasteiger partial charge in [0.1, 0.15) is 17.2 Å². The SMILES string of the molecule is CC1(C)O/C(=C2/C(=O)Nc3cc(F)ccc32)C=C1c1ccc(CCCN2CCOCC2)nc1. The van der Waals surface area contributed by atoms with Gasteiger partial charge < -0.3 is 14.8 Å². The second kappa shape index (κ2) is 8.72. The molecule has 1 saturated heterocycles. The average Bonchev–Trinajstić information content (AvgIpc) is 3.29. The normalized spacial score (nSPS) is 22.0. The molecule has 1 aromatic heterocycles. The van der Waals surface area contributed by atoms with E-state index in [1.54, 1.807) is 6.07 Å². The van der Waals surface area contributed by atoms with Gasteiger partial charge in [-0.05, 0) is 63.6 Å². The first-order valence-electron chi connectivity index (χ1n) is 11.4. The van der Waals surface area contributed by atoms with E-state index in [9.17, 15) is 9.18 Å². The highest BCUT2D eigenvalue weighted by atomic mass is 19.1. The van der Waals surface area contributed by atoms with Gasteiger partial charge in [0.2, 0.25) is 0 Å². The summed E-state index contributed by atoms with van der Waals surface area (Å²) in [6, 6.07) is 8.43. The van der Waals surface area contributed by atoms with Crippen molar-refractivity contribution >= 4 is 22.7 Å². The molecule has 0 radical (unpaired) electrons. The largest absolute Gasteiger partial charge is 0.482 e. The molecule has 5 rings (SSSR count). The quantitative estimate of drug-likeness (QED) is 0.698. The number of amides is 1.